The summed E-state index contributed by atoms with van der Waals surface area (Å²) < 4.78 is 0. The lowest BCUT2D eigenvalue weighted by atomic mass is 10.2. The maximum Gasteiger partial charge on any atom is 0.0624 e. The highest BCUT2D eigenvalue weighted by Gasteiger charge is 2.07. The first-order valence-electron chi connectivity index (χ1n) is 9.18. The molecule has 5 N–H and O–H groups in total. The minimum absolute atomic E-state index is 0.712. The second-order valence-corrected chi connectivity index (χ2v) is 6.42. The van der Waals surface area contributed by atoms with Crippen LogP contribution in [-0.2, 0) is 0 Å². The predicted molar refractivity (Wildman–Crippen MR) is 120 cm³/mol. The first kappa shape index (κ1) is 17.5. The van der Waals surface area contributed by atoms with E-state index in [1.807, 2.05) is 91.0 Å². The molecule has 0 saturated carbocycles. The predicted octanol–water partition coefficient (Wildman–Crippen LogP) is 6.50. The molecule has 0 aliphatic heterocycles. The molecule has 0 atom stereocenters. The Morgan fingerprint density at radius 3 is 1.32 bits per heavy atom. The van der Waals surface area contributed by atoms with Crippen LogP contribution in [0.5, 0.6) is 0 Å². The number of anilines is 7. The number of benzene rings is 4. The minimum Gasteiger partial charge on any atom is -0.397 e. The molecule has 4 rings (SSSR count). The first-order chi connectivity index (χ1) is 13.8. The minimum atomic E-state index is 0.712. The second kappa shape index (κ2) is 8.18. The summed E-state index contributed by atoms with van der Waals surface area (Å²) in [4.78, 5) is 0. The Kier molecular flexibility index (Phi) is 5.11. The summed E-state index contributed by atoms with van der Waals surface area (Å²) >= 11 is 0. The van der Waals surface area contributed by atoms with E-state index in [2.05, 4.69) is 28.1 Å². The van der Waals surface area contributed by atoms with Crippen molar-refractivity contribution in [3.63, 3.8) is 0 Å². The molecule has 138 valence electrons. The molecule has 4 aromatic rings. The van der Waals surface area contributed by atoms with Crippen molar-refractivity contribution in [3.8, 4) is 0 Å². The molecule has 4 nitrogen and oxygen atoms in total. The van der Waals surface area contributed by atoms with E-state index in [-0.39, 0.29) is 0 Å². The van der Waals surface area contributed by atoms with E-state index in [1.54, 1.807) is 0 Å². The zero-order chi connectivity index (χ0) is 19.2. The zero-order valence-electron chi connectivity index (χ0n) is 15.4. The van der Waals surface area contributed by atoms with Gasteiger partial charge in [0, 0.05) is 5.69 Å². The van der Waals surface area contributed by atoms with Crippen molar-refractivity contribution in [2.75, 3.05) is 21.7 Å². The molecule has 0 radical (unpaired) electrons. The lowest BCUT2D eigenvalue weighted by Crippen LogP contribution is -2.01. The quantitative estimate of drug-likeness (QED) is 0.294. The van der Waals surface area contributed by atoms with Crippen molar-refractivity contribution in [3.05, 3.63) is 103 Å². The largest absolute Gasteiger partial charge is 0.397 e. The maximum absolute atomic E-state index is 6.09. The standard InChI is InChI=1S/C24H22N4/c25-19-12-4-5-13-20(19)27-23-16-8-9-17-24(23)28-22-15-7-6-14-21(22)26-18-10-2-1-3-11-18/h1-17,26-28H,25H2. The van der Waals surface area contributed by atoms with Gasteiger partial charge in [-0.1, -0.05) is 54.6 Å². The molecule has 4 aromatic carbocycles. The van der Waals surface area contributed by atoms with Crippen LogP contribution >= 0.6 is 0 Å². The number of hydrogen-bond donors (Lipinski definition) is 4. The summed E-state index contributed by atoms with van der Waals surface area (Å²) in [6.45, 7) is 0. The lowest BCUT2D eigenvalue weighted by molar-refractivity contribution is 1.48. The monoisotopic (exact) mass is 366 g/mol. The molecule has 0 aromatic heterocycles. The molecule has 0 aliphatic rings. The average molecular weight is 366 g/mol. The third-order valence-electron chi connectivity index (χ3n) is 4.41. The van der Waals surface area contributed by atoms with Gasteiger partial charge in [-0.05, 0) is 48.5 Å². The molecule has 0 unspecified atom stereocenters. The Bertz CT molecular complexity index is 1060. The van der Waals surface area contributed by atoms with Crippen molar-refractivity contribution in [2.45, 2.75) is 0 Å². The van der Waals surface area contributed by atoms with Crippen molar-refractivity contribution in [1.29, 1.82) is 0 Å². The van der Waals surface area contributed by atoms with Crippen molar-refractivity contribution < 1.29 is 0 Å². The summed E-state index contributed by atoms with van der Waals surface area (Å²) in [5.41, 5.74) is 12.6. The van der Waals surface area contributed by atoms with Gasteiger partial charge in [-0.15, -0.1) is 0 Å². The molecule has 28 heavy (non-hydrogen) atoms. The highest BCUT2D eigenvalue weighted by Crippen LogP contribution is 2.33. The molecule has 0 fully saturated rings. The van der Waals surface area contributed by atoms with Gasteiger partial charge in [-0.2, -0.15) is 0 Å². The van der Waals surface area contributed by atoms with Gasteiger partial charge in [0.2, 0.25) is 0 Å². The van der Waals surface area contributed by atoms with Gasteiger partial charge >= 0.3 is 0 Å². The smallest absolute Gasteiger partial charge is 0.0624 e. The Hall–Kier alpha value is -3.92. The molecule has 0 aliphatic carbocycles. The van der Waals surface area contributed by atoms with Crippen LogP contribution in [0.1, 0.15) is 0 Å². The van der Waals surface area contributed by atoms with Crippen LogP contribution in [0.4, 0.5) is 39.8 Å². The molecule has 0 bridgehead atoms. The van der Waals surface area contributed by atoms with E-state index < -0.39 is 0 Å². The summed E-state index contributed by atoms with van der Waals surface area (Å²) in [7, 11) is 0. The molecule has 0 saturated heterocycles. The lowest BCUT2D eigenvalue weighted by Gasteiger charge is -2.18. The van der Waals surface area contributed by atoms with Gasteiger partial charge in [0.25, 0.3) is 0 Å². The van der Waals surface area contributed by atoms with Gasteiger partial charge in [0.1, 0.15) is 0 Å². The molecule has 0 spiro atoms. The zero-order valence-corrected chi connectivity index (χ0v) is 15.4. The average Bonchev–Trinajstić information content (AvgIpc) is 2.73. The van der Waals surface area contributed by atoms with E-state index in [9.17, 15) is 0 Å². The summed E-state index contributed by atoms with van der Waals surface area (Å²) in [6, 6.07) is 34.1. The normalized spacial score (nSPS) is 10.3. The molecule has 0 heterocycles. The van der Waals surface area contributed by atoms with Crippen LogP contribution in [0.25, 0.3) is 0 Å². The Morgan fingerprint density at radius 1 is 0.393 bits per heavy atom. The number of hydrogen-bond acceptors (Lipinski definition) is 4. The summed E-state index contributed by atoms with van der Waals surface area (Å²) in [5, 5.41) is 10.4. The number of para-hydroxylation sites is 7. The number of nitrogens with two attached hydrogens (primary N) is 1. The number of nitrogen functional groups attached to an aromatic ring is 1. The maximum atomic E-state index is 6.09. The molecule has 4 heteroatoms. The Balaban J connectivity index is 1.61. The SMILES string of the molecule is Nc1ccccc1Nc1ccccc1Nc1ccccc1Nc1ccccc1. The van der Waals surface area contributed by atoms with Crippen LogP contribution in [0.2, 0.25) is 0 Å². The fraction of sp³-hybridized carbons (Fsp3) is 0. The van der Waals surface area contributed by atoms with E-state index >= 15 is 0 Å². The first-order valence-corrected chi connectivity index (χ1v) is 9.18. The van der Waals surface area contributed by atoms with Crippen molar-refractivity contribution >= 4 is 39.8 Å². The van der Waals surface area contributed by atoms with Crippen LogP contribution in [0.3, 0.4) is 0 Å². The highest BCUT2D eigenvalue weighted by molar-refractivity contribution is 5.85. The molecule has 0 amide bonds. The van der Waals surface area contributed by atoms with Crippen LogP contribution in [0.15, 0.2) is 103 Å². The second-order valence-electron chi connectivity index (χ2n) is 6.42. The third-order valence-corrected chi connectivity index (χ3v) is 4.41. The molecular weight excluding hydrogens is 344 g/mol. The van der Waals surface area contributed by atoms with Gasteiger partial charge in [0.05, 0.1) is 34.1 Å². The highest BCUT2D eigenvalue weighted by atomic mass is 15.0. The van der Waals surface area contributed by atoms with Gasteiger partial charge < -0.3 is 21.7 Å². The van der Waals surface area contributed by atoms with Crippen LogP contribution in [-0.4, -0.2) is 0 Å². The van der Waals surface area contributed by atoms with Crippen molar-refractivity contribution in [1.82, 2.24) is 0 Å². The van der Waals surface area contributed by atoms with Crippen molar-refractivity contribution in [2.24, 2.45) is 0 Å². The Labute approximate surface area is 165 Å². The number of rotatable bonds is 6. The van der Waals surface area contributed by atoms with E-state index in [0.29, 0.717) is 5.69 Å². The van der Waals surface area contributed by atoms with E-state index in [0.717, 1.165) is 34.1 Å². The van der Waals surface area contributed by atoms with Gasteiger partial charge in [0.15, 0.2) is 0 Å². The summed E-state index contributed by atoms with van der Waals surface area (Å²) in [5.74, 6) is 0. The fourth-order valence-electron chi connectivity index (χ4n) is 2.98. The van der Waals surface area contributed by atoms with Crippen LogP contribution in [0, 0.1) is 0 Å². The van der Waals surface area contributed by atoms with Crippen LogP contribution < -0.4 is 21.7 Å². The summed E-state index contributed by atoms with van der Waals surface area (Å²) in [6.07, 6.45) is 0. The third kappa shape index (κ3) is 4.07. The Morgan fingerprint density at radius 2 is 0.786 bits per heavy atom. The van der Waals surface area contributed by atoms with Gasteiger partial charge in [-0.3, -0.25) is 0 Å². The van der Waals surface area contributed by atoms with E-state index in [4.69, 9.17) is 5.73 Å². The fourth-order valence-corrected chi connectivity index (χ4v) is 2.98. The van der Waals surface area contributed by atoms with E-state index in [1.165, 1.54) is 0 Å². The van der Waals surface area contributed by atoms with Gasteiger partial charge in [-0.25, -0.2) is 0 Å². The molecular formula is C24H22N4. The number of nitrogens with one attached hydrogen (secondary N) is 3. The topological polar surface area (TPSA) is 62.1 Å².